The summed E-state index contributed by atoms with van der Waals surface area (Å²) in [6.45, 7) is 3.82. The third kappa shape index (κ3) is 5.72. The van der Waals surface area contributed by atoms with Gasteiger partial charge >= 0.3 is 0 Å². The summed E-state index contributed by atoms with van der Waals surface area (Å²) in [7, 11) is -5.53. The van der Waals surface area contributed by atoms with Crippen LogP contribution < -0.4 is 10.2 Å². The predicted octanol–water partition coefficient (Wildman–Crippen LogP) is 4.46. The third-order valence-electron chi connectivity index (χ3n) is 8.53. The number of fused-ring (bicyclic) bond motifs is 1. The summed E-state index contributed by atoms with van der Waals surface area (Å²) in [4.78, 5) is 15.3. The molecule has 3 atom stereocenters. The van der Waals surface area contributed by atoms with Crippen molar-refractivity contribution in [1.29, 1.82) is 0 Å². The van der Waals surface area contributed by atoms with Crippen molar-refractivity contribution in [2.24, 2.45) is 0 Å². The molecule has 1 N–H and O–H groups in total. The maximum Gasteiger partial charge on any atom is 0.258 e. The fourth-order valence-electron chi connectivity index (χ4n) is 5.51. The minimum atomic E-state index is -3.70. The molecule has 2 fully saturated rings. The molecule has 12 nitrogen and oxygen atoms in total. The number of hydrogen-bond acceptors (Lipinski definition) is 10. The van der Waals surface area contributed by atoms with Gasteiger partial charge in [0.1, 0.15) is 11.6 Å². The van der Waals surface area contributed by atoms with Gasteiger partial charge in [-0.25, -0.2) is 40.6 Å². The van der Waals surface area contributed by atoms with Gasteiger partial charge in [0.15, 0.2) is 11.0 Å². The molecule has 6 rings (SSSR count). The number of benzene rings is 1. The van der Waals surface area contributed by atoms with Crippen LogP contribution in [0.2, 0.25) is 5.15 Å². The topological polar surface area (TPSA) is 143 Å². The van der Waals surface area contributed by atoms with E-state index in [-0.39, 0.29) is 28.6 Å². The van der Waals surface area contributed by atoms with Crippen LogP contribution in [-0.2, 0) is 20.0 Å². The summed E-state index contributed by atoms with van der Waals surface area (Å²) in [6, 6.07) is 6.32. The van der Waals surface area contributed by atoms with E-state index in [0.29, 0.717) is 47.4 Å². The van der Waals surface area contributed by atoms with Crippen LogP contribution in [0.4, 0.5) is 26.1 Å². The lowest BCUT2D eigenvalue weighted by atomic mass is 9.91. The molecule has 4 heterocycles. The first-order chi connectivity index (χ1) is 21.2. The average molecular weight is 681 g/mol. The van der Waals surface area contributed by atoms with Crippen molar-refractivity contribution in [3.8, 4) is 11.4 Å². The van der Waals surface area contributed by atoms with Gasteiger partial charge < -0.3 is 10.2 Å². The van der Waals surface area contributed by atoms with E-state index in [4.69, 9.17) is 11.6 Å². The number of anilines is 3. The fraction of sp³-hybridized carbons (Fsp3) is 0.429. The normalized spacial score (nSPS) is 19.7. The van der Waals surface area contributed by atoms with Gasteiger partial charge in [0.25, 0.3) is 10.0 Å². The van der Waals surface area contributed by atoms with Gasteiger partial charge in [-0.15, -0.1) is 4.09 Å². The number of pyridine rings is 1. The first-order valence-corrected chi connectivity index (χ1v) is 17.9. The first-order valence-electron chi connectivity index (χ1n) is 14.2. The molecule has 3 aromatic heterocycles. The molecule has 45 heavy (non-hydrogen) atoms. The highest BCUT2D eigenvalue weighted by Gasteiger charge is 2.42. The van der Waals surface area contributed by atoms with Crippen molar-refractivity contribution in [3.05, 3.63) is 53.6 Å². The highest BCUT2D eigenvalue weighted by Crippen LogP contribution is 2.40. The summed E-state index contributed by atoms with van der Waals surface area (Å²) in [5.74, 6) is -0.288. The van der Waals surface area contributed by atoms with Crippen molar-refractivity contribution in [3.63, 3.8) is 0 Å². The van der Waals surface area contributed by atoms with Crippen molar-refractivity contribution >= 4 is 59.7 Å². The number of aromatic nitrogens is 5. The second-order valence-electron chi connectivity index (χ2n) is 11.5. The number of alkyl halides is 2. The van der Waals surface area contributed by atoms with Crippen LogP contribution in [0.25, 0.3) is 22.2 Å². The van der Waals surface area contributed by atoms with Gasteiger partial charge in [-0.05, 0) is 48.9 Å². The molecular formula is C28H31ClF2N8O4S2. The van der Waals surface area contributed by atoms with Gasteiger partial charge in [0, 0.05) is 49.0 Å². The Morgan fingerprint density at radius 3 is 2.44 bits per heavy atom. The smallest absolute Gasteiger partial charge is 0.258 e. The largest absolute Gasteiger partial charge is 0.365 e. The van der Waals surface area contributed by atoms with Crippen LogP contribution in [0.15, 0.2) is 42.9 Å². The Morgan fingerprint density at radius 1 is 1.07 bits per heavy atom. The lowest BCUT2D eigenvalue weighted by Gasteiger charge is -2.51. The Bertz CT molecular complexity index is 2010. The highest BCUT2D eigenvalue weighted by atomic mass is 35.5. The second-order valence-corrected chi connectivity index (χ2v) is 15.9. The van der Waals surface area contributed by atoms with E-state index in [1.807, 2.05) is 11.8 Å². The summed E-state index contributed by atoms with van der Waals surface area (Å²) in [5.41, 5.74) is 1.43. The van der Waals surface area contributed by atoms with E-state index in [9.17, 15) is 25.6 Å². The van der Waals surface area contributed by atoms with E-state index >= 15 is 0 Å². The molecule has 1 aliphatic heterocycles. The zero-order valence-corrected chi connectivity index (χ0v) is 27.2. The van der Waals surface area contributed by atoms with Gasteiger partial charge in [0.05, 0.1) is 29.3 Å². The number of likely N-dealkylation sites (N-methyl/N-ethyl adjacent to an activating group) is 1. The van der Waals surface area contributed by atoms with E-state index in [1.54, 1.807) is 37.5 Å². The van der Waals surface area contributed by atoms with E-state index in [0.717, 1.165) is 9.77 Å². The molecular weight excluding hydrogens is 650 g/mol. The van der Waals surface area contributed by atoms with Crippen molar-refractivity contribution in [2.75, 3.05) is 30.1 Å². The van der Waals surface area contributed by atoms with Crippen LogP contribution in [0.3, 0.4) is 0 Å². The molecule has 1 saturated heterocycles. The summed E-state index contributed by atoms with van der Waals surface area (Å²) < 4.78 is 79.5. The van der Waals surface area contributed by atoms with Crippen LogP contribution in [-0.4, -0.2) is 88.9 Å². The molecule has 0 spiro atoms. The lowest BCUT2D eigenvalue weighted by Crippen LogP contribution is -2.65. The van der Waals surface area contributed by atoms with Gasteiger partial charge in [-0.2, -0.15) is 9.40 Å². The van der Waals surface area contributed by atoms with Crippen molar-refractivity contribution in [2.45, 2.75) is 56.4 Å². The number of sulfonamides is 1. The molecule has 0 radical (unpaired) electrons. The summed E-state index contributed by atoms with van der Waals surface area (Å²) in [5, 5.41) is 7.64. The number of rotatable bonds is 10. The van der Waals surface area contributed by atoms with E-state index in [2.05, 4.69) is 25.4 Å². The van der Waals surface area contributed by atoms with Crippen molar-refractivity contribution in [1.82, 2.24) is 28.4 Å². The molecule has 1 aliphatic carbocycles. The minimum Gasteiger partial charge on any atom is -0.365 e. The molecule has 0 amide bonds. The lowest BCUT2D eigenvalue weighted by molar-refractivity contribution is 0.121. The molecule has 17 heteroatoms. The van der Waals surface area contributed by atoms with Crippen LogP contribution >= 0.6 is 11.6 Å². The van der Waals surface area contributed by atoms with Gasteiger partial charge in [-0.1, -0.05) is 24.6 Å². The monoisotopic (exact) mass is 680 g/mol. The SMILES string of the molecule is C[C@H](c1ccc(N2C[C@H](N(C)S(C)(=O)=O)[C@H]2C)c2cnc(Nc3ccnc(-c4cnn(S(=O)(=O)C5CC5)c4Cl)n3)cc12)C(F)F. The average Bonchev–Trinajstić information content (AvgIpc) is 3.78. The third-order valence-corrected chi connectivity index (χ3v) is 12.4. The number of hydrogen-bond donors (Lipinski definition) is 1. The minimum absolute atomic E-state index is 0.119. The van der Waals surface area contributed by atoms with Crippen LogP contribution in [0.5, 0.6) is 0 Å². The maximum absolute atomic E-state index is 13.9. The maximum atomic E-state index is 13.9. The predicted molar refractivity (Wildman–Crippen MR) is 168 cm³/mol. The second kappa shape index (κ2) is 11.4. The standard InChI is InChI=1S/C28H31ClF2N8O4S2/c1-15(27(30)31)18-7-8-22(38-14-23(16(38)2)37(3)44(4,40)41)20-12-33-25(11-19(18)20)35-24-9-10-32-28(36-24)21-13-34-39(26(21)29)45(42,43)17-5-6-17/h7-13,15-17,23,27H,5-6,14H2,1-4H3,(H,32,33,35,36)/t15-,16-,23+/m1/s1. The Hall–Kier alpha value is -3.47. The highest BCUT2D eigenvalue weighted by molar-refractivity contribution is 7.90. The van der Waals surface area contributed by atoms with Crippen molar-refractivity contribution < 1.29 is 25.6 Å². The first kappa shape index (κ1) is 31.5. The molecule has 0 unspecified atom stereocenters. The molecule has 240 valence electrons. The number of nitrogens with one attached hydrogen (secondary N) is 1. The Kier molecular flexibility index (Phi) is 7.98. The molecule has 1 saturated carbocycles. The van der Waals surface area contributed by atoms with Gasteiger partial charge in [0.2, 0.25) is 16.4 Å². The van der Waals surface area contributed by atoms with Gasteiger partial charge in [-0.3, -0.25) is 0 Å². The van der Waals surface area contributed by atoms with Crippen LogP contribution in [0.1, 0.15) is 38.2 Å². The Balaban J connectivity index is 1.32. The zero-order valence-electron chi connectivity index (χ0n) is 24.8. The number of halogens is 3. The van der Waals surface area contributed by atoms with E-state index in [1.165, 1.54) is 29.9 Å². The summed E-state index contributed by atoms with van der Waals surface area (Å²) in [6.07, 6.45) is 4.04. The molecule has 4 aromatic rings. The quantitative estimate of drug-likeness (QED) is 0.255. The molecule has 0 bridgehead atoms. The Labute approximate surface area is 264 Å². The number of nitrogens with zero attached hydrogens (tertiary/aromatic N) is 7. The summed E-state index contributed by atoms with van der Waals surface area (Å²) >= 11 is 6.39. The zero-order chi connectivity index (χ0) is 32.4. The van der Waals surface area contributed by atoms with E-state index < -0.39 is 37.6 Å². The van der Waals surface area contributed by atoms with Crippen LogP contribution in [0, 0.1) is 0 Å². The fourth-order valence-corrected chi connectivity index (χ4v) is 8.23. The Morgan fingerprint density at radius 2 is 1.80 bits per heavy atom. The molecule has 2 aliphatic rings. The molecule has 1 aromatic carbocycles.